The van der Waals surface area contributed by atoms with Crippen LogP contribution in [-0.4, -0.2) is 27.1 Å². The molecule has 0 fully saturated rings. The van der Waals surface area contributed by atoms with Gasteiger partial charge in [0, 0.05) is 39.9 Å². The van der Waals surface area contributed by atoms with E-state index in [1.807, 2.05) is 20.2 Å². The number of hydrogen-bond donors (Lipinski definition) is 2. The van der Waals surface area contributed by atoms with Crippen LogP contribution in [0.2, 0.25) is 0 Å². The normalized spacial score (nSPS) is 11.2. The second-order valence-corrected chi connectivity index (χ2v) is 5.47. The molecule has 0 unspecified atom stereocenters. The van der Waals surface area contributed by atoms with E-state index in [0.29, 0.717) is 19.0 Å². The molecule has 0 bridgehead atoms. The number of halogens is 1. The summed E-state index contributed by atoms with van der Waals surface area (Å²) in [6.07, 6.45) is 0. The van der Waals surface area contributed by atoms with Crippen LogP contribution in [0.3, 0.4) is 0 Å². The van der Waals surface area contributed by atoms with Crippen molar-refractivity contribution >= 4 is 11.6 Å². The van der Waals surface area contributed by atoms with E-state index in [-0.39, 0.29) is 5.82 Å². The molecule has 0 saturated heterocycles. The molecular weight excluding hydrogens is 291 g/mol. The van der Waals surface area contributed by atoms with Gasteiger partial charge in [-0.05, 0) is 35.4 Å². The third-order valence-corrected chi connectivity index (χ3v) is 3.48. The van der Waals surface area contributed by atoms with Gasteiger partial charge in [0.05, 0.1) is 0 Å². The fraction of sp³-hybridized carbons (Fsp3) is 0.278. The van der Waals surface area contributed by atoms with Crippen molar-refractivity contribution in [1.29, 1.82) is 0 Å². The smallest absolute Gasteiger partial charge is 0.191 e. The summed E-state index contributed by atoms with van der Waals surface area (Å²) in [7, 11) is 5.78. The Morgan fingerprint density at radius 1 is 1.00 bits per heavy atom. The highest BCUT2D eigenvalue weighted by molar-refractivity contribution is 5.79. The van der Waals surface area contributed by atoms with Crippen molar-refractivity contribution in [3.63, 3.8) is 0 Å². The largest absolute Gasteiger partial charge is 0.378 e. The summed E-state index contributed by atoms with van der Waals surface area (Å²) < 4.78 is 12.9. The van der Waals surface area contributed by atoms with Crippen molar-refractivity contribution in [3.8, 4) is 0 Å². The molecule has 0 heterocycles. The van der Waals surface area contributed by atoms with Crippen molar-refractivity contribution in [1.82, 2.24) is 10.6 Å². The number of nitrogens with one attached hydrogen (secondary N) is 2. The number of aliphatic imine (C=N–C) groups is 1. The van der Waals surface area contributed by atoms with Crippen molar-refractivity contribution in [2.75, 3.05) is 26.0 Å². The standard InChI is InChI=1S/C18H23FN4/c1-20-18(21-12-14-7-9-16(19)10-8-14)22-13-15-5-4-6-17(11-15)23(2)3/h4-11H,12-13H2,1-3H3,(H2,20,21,22). The van der Waals surface area contributed by atoms with E-state index in [1.165, 1.54) is 23.4 Å². The predicted molar refractivity (Wildman–Crippen MR) is 94.2 cm³/mol. The summed E-state index contributed by atoms with van der Waals surface area (Å²) in [6, 6.07) is 14.8. The lowest BCUT2D eigenvalue weighted by molar-refractivity contribution is 0.626. The molecule has 0 amide bonds. The zero-order valence-corrected chi connectivity index (χ0v) is 13.8. The number of anilines is 1. The topological polar surface area (TPSA) is 39.7 Å². The third-order valence-electron chi connectivity index (χ3n) is 3.48. The summed E-state index contributed by atoms with van der Waals surface area (Å²) >= 11 is 0. The molecular formula is C18H23FN4. The maximum Gasteiger partial charge on any atom is 0.191 e. The van der Waals surface area contributed by atoms with Crippen LogP contribution in [0, 0.1) is 5.82 Å². The van der Waals surface area contributed by atoms with E-state index in [2.05, 4.69) is 38.7 Å². The Kier molecular flexibility index (Phi) is 5.97. The monoisotopic (exact) mass is 314 g/mol. The Bertz CT molecular complexity index is 650. The average molecular weight is 314 g/mol. The number of nitrogens with zero attached hydrogens (tertiary/aromatic N) is 2. The van der Waals surface area contributed by atoms with Crippen LogP contribution in [0.25, 0.3) is 0 Å². The number of benzene rings is 2. The lowest BCUT2D eigenvalue weighted by Gasteiger charge is -2.15. The van der Waals surface area contributed by atoms with Gasteiger partial charge in [-0.1, -0.05) is 24.3 Å². The highest BCUT2D eigenvalue weighted by Crippen LogP contribution is 2.13. The summed E-state index contributed by atoms with van der Waals surface area (Å²) in [5.41, 5.74) is 3.35. The second-order valence-electron chi connectivity index (χ2n) is 5.47. The minimum absolute atomic E-state index is 0.225. The molecule has 0 radical (unpaired) electrons. The van der Waals surface area contributed by atoms with Gasteiger partial charge in [0.2, 0.25) is 0 Å². The summed E-state index contributed by atoms with van der Waals surface area (Å²) in [5.74, 6) is 0.488. The first-order chi connectivity index (χ1) is 11.1. The van der Waals surface area contributed by atoms with E-state index in [9.17, 15) is 4.39 Å². The van der Waals surface area contributed by atoms with Gasteiger partial charge >= 0.3 is 0 Å². The number of guanidine groups is 1. The Balaban J connectivity index is 1.87. The average Bonchev–Trinajstić information content (AvgIpc) is 2.57. The minimum atomic E-state index is -0.225. The molecule has 0 aliphatic rings. The number of rotatable bonds is 5. The molecule has 0 atom stereocenters. The number of hydrogen-bond acceptors (Lipinski definition) is 2. The zero-order chi connectivity index (χ0) is 16.7. The first-order valence-electron chi connectivity index (χ1n) is 7.53. The summed E-state index contributed by atoms with van der Waals surface area (Å²) in [6.45, 7) is 1.28. The van der Waals surface area contributed by atoms with E-state index in [0.717, 1.165) is 5.56 Å². The lowest BCUT2D eigenvalue weighted by Crippen LogP contribution is -2.36. The molecule has 2 aromatic rings. The van der Waals surface area contributed by atoms with Crippen molar-refractivity contribution in [2.45, 2.75) is 13.1 Å². The Labute approximate surface area is 137 Å². The molecule has 2 aromatic carbocycles. The quantitative estimate of drug-likeness (QED) is 0.658. The van der Waals surface area contributed by atoms with Gasteiger partial charge in [0.25, 0.3) is 0 Å². The van der Waals surface area contributed by atoms with Gasteiger partial charge in [0.15, 0.2) is 5.96 Å². The molecule has 0 spiro atoms. The third kappa shape index (κ3) is 5.29. The Morgan fingerprint density at radius 3 is 2.26 bits per heavy atom. The second kappa shape index (κ2) is 8.17. The molecule has 23 heavy (non-hydrogen) atoms. The van der Waals surface area contributed by atoms with Gasteiger partial charge < -0.3 is 15.5 Å². The van der Waals surface area contributed by atoms with Crippen LogP contribution in [0.1, 0.15) is 11.1 Å². The van der Waals surface area contributed by atoms with E-state index in [1.54, 1.807) is 19.2 Å². The van der Waals surface area contributed by atoms with Crippen LogP contribution in [0.15, 0.2) is 53.5 Å². The van der Waals surface area contributed by atoms with Crippen LogP contribution in [0.4, 0.5) is 10.1 Å². The van der Waals surface area contributed by atoms with Gasteiger partial charge in [-0.2, -0.15) is 0 Å². The van der Waals surface area contributed by atoms with Gasteiger partial charge in [-0.25, -0.2) is 4.39 Å². The van der Waals surface area contributed by atoms with Gasteiger partial charge in [-0.15, -0.1) is 0 Å². The minimum Gasteiger partial charge on any atom is -0.378 e. The SMILES string of the molecule is CN=C(NCc1ccc(F)cc1)NCc1cccc(N(C)C)c1. The van der Waals surface area contributed by atoms with Gasteiger partial charge in [0.1, 0.15) is 5.82 Å². The molecule has 0 aliphatic heterocycles. The highest BCUT2D eigenvalue weighted by atomic mass is 19.1. The van der Waals surface area contributed by atoms with E-state index in [4.69, 9.17) is 0 Å². The molecule has 2 rings (SSSR count). The van der Waals surface area contributed by atoms with Gasteiger partial charge in [-0.3, -0.25) is 4.99 Å². The van der Waals surface area contributed by atoms with E-state index < -0.39 is 0 Å². The summed E-state index contributed by atoms with van der Waals surface area (Å²) in [5, 5.41) is 6.50. The van der Waals surface area contributed by atoms with Crippen molar-refractivity contribution < 1.29 is 4.39 Å². The maximum absolute atomic E-state index is 12.9. The van der Waals surface area contributed by atoms with Crippen LogP contribution < -0.4 is 15.5 Å². The lowest BCUT2D eigenvalue weighted by atomic mass is 10.2. The molecule has 122 valence electrons. The highest BCUT2D eigenvalue weighted by Gasteiger charge is 2.01. The summed E-state index contributed by atoms with van der Waals surface area (Å²) in [4.78, 5) is 6.28. The van der Waals surface area contributed by atoms with Crippen molar-refractivity contribution in [3.05, 3.63) is 65.5 Å². The molecule has 2 N–H and O–H groups in total. The fourth-order valence-corrected chi connectivity index (χ4v) is 2.14. The Hall–Kier alpha value is -2.56. The zero-order valence-electron chi connectivity index (χ0n) is 13.8. The molecule has 5 heteroatoms. The molecule has 0 aromatic heterocycles. The first-order valence-corrected chi connectivity index (χ1v) is 7.53. The van der Waals surface area contributed by atoms with Crippen LogP contribution in [0.5, 0.6) is 0 Å². The molecule has 4 nitrogen and oxygen atoms in total. The van der Waals surface area contributed by atoms with Crippen LogP contribution >= 0.6 is 0 Å². The van der Waals surface area contributed by atoms with Crippen molar-refractivity contribution in [2.24, 2.45) is 4.99 Å². The molecule has 0 saturated carbocycles. The predicted octanol–water partition coefficient (Wildman–Crippen LogP) is 2.76. The first kappa shape index (κ1) is 16.8. The molecule has 0 aliphatic carbocycles. The maximum atomic E-state index is 12.9. The van der Waals surface area contributed by atoms with Crippen LogP contribution in [-0.2, 0) is 13.1 Å². The van der Waals surface area contributed by atoms with E-state index >= 15 is 0 Å². The Morgan fingerprint density at radius 2 is 1.65 bits per heavy atom. The fourth-order valence-electron chi connectivity index (χ4n) is 2.14.